The molecule has 0 aliphatic heterocycles. The normalized spacial score (nSPS) is 13.8. The molecule has 5 heteroatoms. The van der Waals surface area contributed by atoms with Crippen molar-refractivity contribution in [1.29, 1.82) is 0 Å². The van der Waals surface area contributed by atoms with Crippen molar-refractivity contribution in [2.24, 2.45) is 5.92 Å². The summed E-state index contributed by atoms with van der Waals surface area (Å²) in [5.74, 6) is 3.42. The molecule has 1 fully saturated rings. The van der Waals surface area contributed by atoms with E-state index in [9.17, 15) is 4.79 Å². The van der Waals surface area contributed by atoms with Gasteiger partial charge >= 0.3 is 5.97 Å². The van der Waals surface area contributed by atoms with Crippen molar-refractivity contribution in [3.63, 3.8) is 0 Å². The van der Waals surface area contributed by atoms with Gasteiger partial charge in [-0.2, -0.15) is 0 Å². The second-order valence-electron chi connectivity index (χ2n) is 4.28. The second kappa shape index (κ2) is 5.50. The van der Waals surface area contributed by atoms with E-state index in [1.165, 1.54) is 26.1 Å². The van der Waals surface area contributed by atoms with Gasteiger partial charge in [0.25, 0.3) is 0 Å². The first-order valence-electron chi connectivity index (χ1n) is 5.83. The van der Waals surface area contributed by atoms with Crippen molar-refractivity contribution < 1.29 is 9.53 Å². The zero-order chi connectivity index (χ0) is 13.0. The average Bonchev–Trinajstić information content (AvgIpc) is 3.21. The van der Waals surface area contributed by atoms with Crippen molar-refractivity contribution >= 4 is 11.8 Å². The Balaban J connectivity index is 2.18. The summed E-state index contributed by atoms with van der Waals surface area (Å²) in [6.45, 7) is 1.33. The van der Waals surface area contributed by atoms with Gasteiger partial charge in [-0.1, -0.05) is 5.92 Å². The highest BCUT2D eigenvalue weighted by molar-refractivity contribution is 5.87. The lowest BCUT2D eigenvalue weighted by Crippen LogP contribution is -2.27. The van der Waals surface area contributed by atoms with Crippen LogP contribution in [0.15, 0.2) is 12.4 Å². The average molecular weight is 245 g/mol. The van der Waals surface area contributed by atoms with Crippen LogP contribution in [-0.2, 0) is 4.74 Å². The summed E-state index contributed by atoms with van der Waals surface area (Å²) in [4.78, 5) is 21.6. The van der Waals surface area contributed by atoms with Gasteiger partial charge in [0.2, 0.25) is 0 Å². The predicted octanol–water partition coefficient (Wildman–Crippen LogP) is 1.11. The van der Waals surface area contributed by atoms with Crippen LogP contribution in [0.5, 0.6) is 0 Å². The van der Waals surface area contributed by atoms with Crippen LogP contribution in [0.1, 0.15) is 23.3 Å². The van der Waals surface area contributed by atoms with Gasteiger partial charge in [0.05, 0.1) is 26.0 Å². The first-order chi connectivity index (χ1) is 8.74. The summed E-state index contributed by atoms with van der Waals surface area (Å²) in [5.41, 5.74) is 0.202. The molecule has 1 heterocycles. The molecule has 0 N–H and O–H groups in total. The van der Waals surface area contributed by atoms with Crippen LogP contribution in [0.2, 0.25) is 0 Å². The van der Waals surface area contributed by atoms with Gasteiger partial charge in [0.1, 0.15) is 5.82 Å². The Morgan fingerprint density at radius 2 is 2.39 bits per heavy atom. The quantitative estimate of drug-likeness (QED) is 0.574. The largest absolute Gasteiger partial charge is 0.464 e. The molecular formula is C13H15N3O2. The van der Waals surface area contributed by atoms with Crippen LogP contribution in [0, 0.1) is 18.3 Å². The number of hydrogen-bond acceptors (Lipinski definition) is 5. The fourth-order valence-corrected chi connectivity index (χ4v) is 1.67. The summed E-state index contributed by atoms with van der Waals surface area (Å²) in [5, 5.41) is 0. The lowest BCUT2D eigenvalue weighted by atomic mass is 10.3. The van der Waals surface area contributed by atoms with E-state index >= 15 is 0 Å². The Bertz CT molecular complexity index is 477. The van der Waals surface area contributed by atoms with Gasteiger partial charge in [0, 0.05) is 6.54 Å². The maximum atomic E-state index is 11.4. The molecule has 1 aromatic rings. The fraction of sp³-hybridized carbons (Fsp3) is 0.462. The number of carbonyl (C=O) groups is 1. The number of aromatic nitrogens is 2. The summed E-state index contributed by atoms with van der Waals surface area (Å²) >= 11 is 0. The molecule has 5 nitrogen and oxygen atoms in total. The van der Waals surface area contributed by atoms with Gasteiger partial charge in [0.15, 0.2) is 5.69 Å². The molecule has 0 bridgehead atoms. The molecule has 0 aromatic carbocycles. The molecule has 1 aliphatic carbocycles. The lowest BCUT2D eigenvalue weighted by molar-refractivity contribution is 0.0593. The molecule has 0 saturated heterocycles. The number of hydrogen-bond donors (Lipinski definition) is 0. The molecule has 1 saturated carbocycles. The first kappa shape index (κ1) is 12.4. The number of methoxy groups -OCH3 is 1. The maximum absolute atomic E-state index is 11.4. The molecule has 2 rings (SSSR count). The molecule has 0 spiro atoms. The Morgan fingerprint density at radius 1 is 1.61 bits per heavy atom. The van der Waals surface area contributed by atoms with Gasteiger partial charge in [-0.3, -0.25) is 4.98 Å². The van der Waals surface area contributed by atoms with Crippen LogP contribution in [-0.4, -0.2) is 36.1 Å². The van der Waals surface area contributed by atoms with E-state index in [-0.39, 0.29) is 5.69 Å². The zero-order valence-corrected chi connectivity index (χ0v) is 10.3. The van der Waals surface area contributed by atoms with Crippen LogP contribution < -0.4 is 4.90 Å². The van der Waals surface area contributed by atoms with Crippen LogP contribution in [0.3, 0.4) is 0 Å². The summed E-state index contributed by atoms with van der Waals surface area (Å²) < 4.78 is 4.62. The van der Waals surface area contributed by atoms with Crippen molar-refractivity contribution in [2.75, 3.05) is 25.1 Å². The van der Waals surface area contributed by atoms with Gasteiger partial charge in [-0.05, 0) is 18.8 Å². The predicted molar refractivity (Wildman–Crippen MR) is 67.1 cm³/mol. The number of carbonyl (C=O) groups excluding carboxylic acids is 1. The van der Waals surface area contributed by atoms with Crippen molar-refractivity contribution in [1.82, 2.24) is 9.97 Å². The second-order valence-corrected chi connectivity index (χ2v) is 4.28. The molecule has 0 radical (unpaired) electrons. The van der Waals surface area contributed by atoms with Gasteiger partial charge < -0.3 is 9.64 Å². The third kappa shape index (κ3) is 2.98. The molecule has 0 atom stereocenters. The minimum Gasteiger partial charge on any atom is -0.464 e. The Morgan fingerprint density at radius 3 is 3.00 bits per heavy atom. The van der Waals surface area contributed by atoms with E-state index in [0.717, 1.165) is 6.54 Å². The molecule has 0 amide bonds. The third-order valence-electron chi connectivity index (χ3n) is 2.80. The highest BCUT2D eigenvalue weighted by Crippen LogP contribution is 2.30. The smallest absolute Gasteiger partial charge is 0.358 e. The number of nitrogens with zero attached hydrogens (tertiary/aromatic N) is 3. The van der Waals surface area contributed by atoms with Crippen LogP contribution in [0.25, 0.3) is 0 Å². The van der Waals surface area contributed by atoms with Gasteiger partial charge in [-0.25, -0.2) is 9.78 Å². The van der Waals surface area contributed by atoms with E-state index in [1.54, 1.807) is 6.20 Å². The molecule has 1 aromatic heterocycles. The Labute approximate surface area is 106 Å². The lowest BCUT2D eigenvalue weighted by Gasteiger charge is -2.20. The summed E-state index contributed by atoms with van der Waals surface area (Å²) in [6, 6.07) is 0. The summed E-state index contributed by atoms with van der Waals surface area (Å²) in [7, 11) is 1.32. The van der Waals surface area contributed by atoms with Crippen LogP contribution >= 0.6 is 0 Å². The Hall–Kier alpha value is -2.09. The van der Waals surface area contributed by atoms with Crippen molar-refractivity contribution in [3.8, 4) is 12.3 Å². The molecule has 94 valence electrons. The van der Waals surface area contributed by atoms with E-state index in [0.29, 0.717) is 18.3 Å². The minimum atomic E-state index is -0.489. The number of anilines is 1. The SMILES string of the molecule is C#CCN(CC1CC1)c1cncc(C(=O)OC)n1. The Kier molecular flexibility index (Phi) is 3.78. The van der Waals surface area contributed by atoms with Gasteiger partial charge in [-0.15, -0.1) is 6.42 Å². The first-order valence-corrected chi connectivity index (χ1v) is 5.83. The number of ether oxygens (including phenoxy) is 1. The minimum absolute atomic E-state index is 0.202. The number of terminal acetylenes is 1. The fourth-order valence-electron chi connectivity index (χ4n) is 1.67. The van der Waals surface area contributed by atoms with E-state index in [2.05, 4.69) is 20.6 Å². The maximum Gasteiger partial charge on any atom is 0.358 e. The topological polar surface area (TPSA) is 55.3 Å². The summed E-state index contributed by atoms with van der Waals surface area (Å²) in [6.07, 6.45) is 10.8. The number of rotatable bonds is 5. The molecular weight excluding hydrogens is 230 g/mol. The highest BCUT2D eigenvalue weighted by Gasteiger charge is 2.25. The molecule has 1 aliphatic rings. The zero-order valence-electron chi connectivity index (χ0n) is 10.3. The van der Waals surface area contributed by atoms with E-state index < -0.39 is 5.97 Å². The van der Waals surface area contributed by atoms with Crippen LogP contribution in [0.4, 0.5) is 5.82 Å². The van der Waals surface area contributed by atoms with E-state index in [1.807, 2.05) is 4.90 Å². The molecule has 18 heavy (non-hydrogen) atoms. The number of esters is 1. The third-order valence-corrected chi connectivity index (χ3v) is 2.80. The van der Waals surface area contributed by atoms with Crippen molar-refractivity contribution in [3.05, 3.63) is 18.1 Å². The molecule has 0 unspecified atom stereocenters. The highest BCUT2D eigenvalue weighted by atomic mass is 16.5. The monoisotopic (exact) mass is 245 g/mol. The van der Waals surface area contributed by atoms with E-state index in [4.69, 9.17) is 6.42 Å². The van der Waals surface area contributed by atoms with Crippen molar-refractivity contribution in [2.45, 2.75) is 12.8 Å². The standard InChI is InChI=1S/C13H15N3O2/c1-3-6-16(9-10-4-5-10)12-8-14-7-11(15-12)13(17)18-2/h1,7-8,10H,4-6,9H2,2H3.